The Bertz CT molecular complexity index is 434. The minimum atomic E-state index is -4.85. The summed E-state index contributed by atoms with van der Waals surface area (Å²) in [6.07, 6.45) is 0.227. The molecule has 0 saturated carbocycles. The van der Waals surface area contributed by atoms with Gasteiger partial charge in [-0.2, -0.15) is 0 Å². The highest BCUT2D eigenvalue weighted by Crippen LogP contribution is 2.52. The zero-order valence-electron chi connectivity index (χ0n) is 8.61. The maximum absolute atomic E-state index is 11.5. The van der Waals surface area contributed by atoms with Gasteiger partial charge in [0, 0.05) is 5.56 Å². The average molecular weight is 258 g/mol. The molecular weight excluding hydrogens is 247 g/mol. The van der Waals surface area contributed by atoms with E-state index in [0.29, 0.717) is 0 Å². The minimum absolute atomic E-state index is 0.0764. The van der Waals surface area contributed by atoms with Crippen molar-refractivity contribution in [1.29, 1.82) is 0 Å². The molecule has 0 aliphatic rings. The molecule has 0 fully saturated rings. The molecule has 0 aliphatic heterocycles. The second kappa shape index (κ2) is 5.09. The molecule has 0 saturated heterocycles. The van der Waals surface area contributed by atoms with E-state index in [1.54, 1.807) is 6.07 Å². The second-order valence-corrected chi connectivity index (χ2v) is 4.90. The number of hydrogen-bond donors (Lipinski definition) is 4. The lowest BCUT2D eigenvalue weighted by molar-refractivity contribution is -0.113. The summed E-state index contributed by atoms with van der Waals surface area (Å²) in [6, 6.07) is 7.45. The summed E-state index contributed by atoms with van der Waals surface area (Å²) < 4.78 is 11.5. The second-order valence-electron chi connectivity index (χ2n) is 3.14. The third-order valence-electron chi connectivity index (χ3n) is 2.16. The maximum Gasteiger partial charge on any atom is 0.376 e. The molecule has 0 aromatic heterocycles. The van der Waals surface area contributed by atoms with Crippen LogP contribution < -0.4 is 10.6 Å². The van der Waals surface area contributed by atoms with Gasteiger partial charge in [0.15, 0.2) is 0 Å². The SMILES string of the molecule is O=CNC(NC=O)(c1ccccc1)P(=O)(O)O. The number of rotatable bonds is 6. The summed E-state index contributed by atoms with van der Waals surface area (Å²) >= 11 is 0. The summed E-state index contributed by atoms with van der Waals surface area (Å²) in [6.45, 7) is 0. The molecule has 1 rings (SSSR count). The molecule has 92 valence electrons. The first-order valence-electron chi connectivity index (χ1n) is 4.52. The number of carbonyl (C=O) groups is 2. The predicted octanol–water partition coefficient (Wildman–Crippen LogP) is -0.533. The molecule has 1 aromatic carbocycles. The van der Waals surface area contributed by atoms with Gasteiger partial charge >= 0.3 is 7.60 Å². The highest BCUT2D eigenvalue weighted by molar-refractivity contribution is 7.53. The zero-order valence-corrected chi connectivity index (χ0v) is 9.50. The fourth-order valence-electron chi connectivity index (χ4n) is 1.39. The highest BCUT2D eigenvalue weighted by Gasteiger charge is 2.48. The molecule has 0 radical (unpaired) electrons. The van der Waals surface area contributed by atoms with E-state index in [0.717, 1.165) is 0 Å². The average Bonchev–Trinajstić information content (AvgIpc) is 2.28. The molecule has 0 spiro atoms. The van der Waals surface area contributed by atoms with E-state index in [-0.39, 0.29) is 18.4 Å². The molecule has 0 unspecified atom stereocenters. The van der Waals surface area contributed by atoms with Crippen LogP contribution in [0, 0.1) is 0 Å². The van der Waals surface area contributed by atoms with Gasteiger partial charge in [0.1, 0.15) is 0 Å². The van der Waals surface area contributed by atoms with Crippen LogP contribution in [0.3, 0.4) is 0 Å². The third kappa shape index (κ3) is 2.52. The molecule has 1 aromatic rings. The lowest BCUT2D eigenvalue weighted by atomic mass is 10.1. The Labute approximate surface area is 97.0 Å². The van der Waals surface area contributed by atoms with Crippen molar-refractivity contribution in [3.63, 3.8) is 0 Å². The summed E-state index contributed by atoms with van der Waals surface area (Å²) in [7, 11) is -4.85. The summed E-state index contributed by atoms with van der Waals surface area (Å²) in [5.41, 5.74) is 0.0764. The normalized spacial score (nSPS) is 11.6. The predicted molar refractivity (Wildman–Crippen MR) is 58.6 cm³/mol. The number of hydrogen-bond acceptors (Lipinski definition) is 3. The molecule has 2 amide bonds. The number of benzene rings is 1. The van der Waals surface area contributed by atoms with Crippen LogP contribution in [0.4, 0.5) is 0 Å². The quantitative estimate of drug-likeness (QED) is 0.311. The first-order chi connectivity index (χ1) is 7.98. The van der Waals surface area contributed by atoms with Crippen LogP contribution in [0.25, 0.3) is 0 Å². The van der Waals surface area contributed by atoms with Crippen LogP contribution in [-0.2, 0) is 19.6 Å². The first-order valence-corrected chi connectivity index (χ1v) is 6.13. The van der Waals surface area contributed by atoms with Crippen molar-refractivity contribution in [3.05, 3.63) is 35.9 Å². The van der Waals surface area contributed by atoms with Crippen LogP contribution in [-0.4, -0.2) is 22.6 Å². The molecule has 0 atom stereocenters. The van der Waals surface area contributed by atoms with Gasteiger partial charge in [0.25, 0.3) is 0 Å². The van der Waals surface area contributed by atoms with E-state index < -0.39 is 13.0 Å². The van der Waals surface area contributed by atoms with Gasteiger partial charge in [-0.15, -0.1) is 0 Å². The van der Waals surface area contributed by atoms with E-state index in [4.69, 9.17) is 0 Å². The van der Waals surface area contributed by atoms with Crippen LogP contribution in [0.2, 0.25) is 0 Å². The fraction of sp³-hybridized carbons (Fsp3) is 0.111. The van der Waals surface area contributed by atoms with Gasteiger partial charge in [0.05, 0.1) is 0 Å². The summed E-state index contributed by atoms with van der Waals surface area (Å²) in [5, 5.41) is 1.70. The van der Waals surface area contributed by atoms with Crippen molar-refractivity contribution in [2.45, 2.75) is 5.40 Å². The molecule has 0 aliphatic carbocycles. The lowest BCUT2D eigenvalue weighted by Crippen LogP contribution is -2.52. The van der Waals surface area contributed by atoms with Crippen molar-refractivity contribution in [2.75, 3.05) is 0 Å². The van der Waals surface area contributed by atoms with Gasteiger partial charge in [0.2, 0.25) is 18.2 Å². The summed E-state index contributed by atoms with van der Waals surface area (Å²) in [4.78, 5) is 39.6. The van der Waals surface area contributed by atoms with Gasteiger partial charge in [-0.25, -0.2) is 0 Å². The van der Waals surface area contributed by atoms with Crippen molar-refractivity contribution in [1.82, 2.24) is 10.6 Å². The third-order valence-corrected chi connectivity index (χ3v) is 3.55. The van der Waals surface area contributed by atoms with Gasteiger partial charge in [-0.1, -0.05) is 30.3 Å². The first kappa shape index (κ1) is 13.4. The van der Waals surface area contributed by atoms with Crippen molar-refractivity contribution in [3.8, 4) is 0 Å². The molecule has 0 bridgehead atoms. The van der Waals surface area contributed by atoms with Crippen molar-refractivity contribution >= 4 is 20.4 Å². The monoisotopic (exact) mass is 258 g/mol. The van der Waals surface area contributed by atoms with E-state index in [9.17, 15) is 23.9 Å². The Morgan fingerprint density at radius 2 is 1.53 bits per heavy atom. The highest BCUT2D eigenvalue weighted by atomic mass is 31.2. The Morgan fingerprint density at radius 3 is 1.88 bits per heavy atom. The lowest BCUT2D eigenvalue weighted by Gasteiger charge is -2.33. The zero-order chi connectivity index (χ0) is 12.9. The Hall–Kier alpha value is -1.69. The molecule has 17 heavy (non-hydrogen) atoms. The van der Waals surface area contributed by atoms with E-state index in [1.165, 1.54) is 24.3 Å². The topological polar surface area (TPSA) is 116 Å². The fourth-order valence-corrected chi connectivity index (χ4v) is 2.32. The molecule has 7 nitrogen and oxygen atoms in total. The Balaban J connectivity index is 3.39. The number of amides is 2. The van der Waals surface area contributed by atoms with Gasteiger partial charge < -0.3 is 20.4 Å². The smallest absolute Gasteiger partial charge is 0.322 e. The molecular formula is C9H11N2O5P. The molecule has 8 heteroatoms. The number of carbonyl (C=O) groups excluding carboxylic acids is 2. The molecule has 4 N–H and O–H groups in total. The van der Waals surface area contributed by atoms with Crippen LogP contribution in [0.1, 0.15) is 5.56 Å². The van der Waals surface area contributed by atoms with Crippen LogP contribution >= 0.6 is 7.60 Å². The van der Waals surface area contributed by atoms with E-state index in [1.807, 2.05) is 10.6 Å². The molecule has 0 heterocycles. The van der Waals surface area contributed by atoms with E-state index in [2.05, 4.69) is 0 Å². The Morgan fingerprint density at radius 1 is 1.06 bits per heavy atom. The Kier molecular flexibility index (Phi) is 4.01. The summed E-state index contributed by atoms with van der Waals surface area (Å²) in [5.74, 6) is 0. The van der Waals surface area contributed by atoms with Crippen LogP contribution in [0.15, 0.2) is 30.3 Å². The van der Waals surface area contributed by atoms with Crippen LogP contribution in [0.5, 0.6) is 0 Å². The number of nitrogens with one attached hydrogen (secondary N) is 2. The van der Waals surface area contributed by atoms with Crippen molar-refractivity contribution < 1.29 is 23.9 Å². The maximum atomic E-state index is 11.5. The van der Waals surface area contributed by atoms with E-state index >= 15 is 0 Å². The minimum Gasteiger partial charge on any atom is -0.322 e. The largest absolute Gasteiger partial charge is 0.376 e. The van der Waals surface area contributed by atoms with Gasteiger partial charge in [-0.3, -0.25) is 14.2 Å². The van der Waals surface area contributed by atoms with Crippen molar-refractivity contribution in [2.24, 2.45) is 0 Å². The standard InChI is InChI=1S/C9H11N2O5P/c12-6-10-9(11-7-13,17(14,15)16)8-4-2-1-3-5-8/h1-7H,(H,10,12)(H,11,13)(H2,14,15,16). The van der Waals surface area contributed by atoms with Gasteiger partial charge in [-0.05, 0) is 0 Å².